The summed E-state index contributed by atoms with van der Waals surface area (Å²) in [5, 5.41) is 94.1. The van der Waals surface area contributed by atoms with Gasteiger partial charge in [-0.1, -0.05) is 26.3 Å². The van der Waals surface area contributed by atoms with Gasteiger partial charge in [0.05, 0.1) is 54.9 Å². The van der Waals surface area contributed by atoms with Crippen LogP contribution in [-0.2, 0) is 9.53 Å². The summed E-state index contributed by atoms with van der Waals surface area (Å²) < 4.78 is 5.82. The van der Waals surface area contributed by atoms with Crippen molar-refractivity contribution in [3.05, 3.63) is 11.6 Å². The fourth-order valence-corrected chi connectivity index (χ4v) is 7.55. The molecule has 0 saturated carbocycles. The Balaban J connectivity index is 2.68. The van der Waals surface area contributed by atoms with E-state index in [2.05, 4.69) is 0 Å². The summed E-state index contributed by atoms with van der Waals surface area (Å²) in [5.74, 6) is -0.464. The van der Waals surface area contributed by atoms with Gasteiger partial charge in [0.2, 0.25) is 0 Å². The normalized spacial score (nSPS) is 34.5. The summed E-state index contributed by atoms with van der Waals surface area (Å²) >= 11 is 0. The lowest BCUT2D eigenvalue weighted by Gasteiger charge is -2.31. The zero-order valence-electron chi connectivity index (χ0n) is 35.1. The van der Waals surface area contributed by atoms with Gasteiger partial charge in [-0.05, 0) is 173 Å². The molecule has 0 fully saturated rings. The van der Waals surface area contributed by atoms with E-state index in [0.29, 0.717) is 161 Å². The molecule has 1 rings (SSSR count). The van der Waals surface area contributed by atoms with Crippen LogP contribution < -0.4 is 0 Å². The van der Waals surface area contributed by atoms with Crippen LogP contribution in [0.4, 0.5) is 0 Å². The van der Waals surface area contributed by atoms with Gasteiger partial charge < -0.3 is 50.7 Å². The quantitative estimate of drug-likeness (QED) is 0.125. The van der Waals surface area contributed by atoms with Crippen molar-refractivity contribution < 1.29 is 55.5 Å². The second-order valence-corrected chi connectivity index (χ2v) is 18.0. The van der Waals surface area contributed by atoms with Gasteiger partial charge in [0.15, 0.2) is 0 Å². The Kier molecular flexibility index (Phi) is 28.3. The van der Waals surface area contributed by atoms with Crippen LogP contribution in [0.1, 0.15) is 195 Å². The van der Waals surface area contributed by atoms with Crippen molar-refractivity contribution in [2.24, 2.45) is 5.41 Å². The summed E-state index contributed by atoms with van der Waals surface area (Å²) in [6.45, 7) is 7.75. The van der Waals surface area contributed by atoms with Gasteiger partial charge in [-0.15, -0.1) is 0 Å². The third-order valence-electron chi connectivity index (χ3n) is 11.3. The molecule has 1 aliphatic rings. The minimum Gasteiger partial charge on any atom is -0.459 e. The summed E-state index contributed by atoms with van der Waals surface area (Å²) in [6.07, 6.45) is 11.0. The molecule has 55 heavy (non-hydrogen) atoms. The van der Waals surface area contributed by atoms with Crippen LogP contribution in [0.3, 0.4) is 0 Å². The fraction of sp³-hybridized carbons (Fsp3) is 0.932. The molecule has 11 heteroatoms. The van der Waals surface area contributed by atoms with Crippen LogP contribution in [0.2, 0.25) is 0 Å². The predicted octanol–water partition coefficient (Wildman–Crippen LogP) is 6.29. The van der Waals surface area contributed by atoms with Gasteiger partial charge in [-0.3, -0.25) is 0 Å². The second kappa shape index (κ2) is 30.0. The minimum absolute atomic E-state index is 0.252. The van der Waals surface area contributed by atoms with Crippen molar-refractivity contribution in [1.29, 1.82) is 0 Å². The molecule has 0 saturated heterocycles. The van der Waals surface area contributed by atoms with Gasteiger partial charge in [-0.2, -0.15) is 0 Å². The number of aliphatic hydroxyl groups excluding tert-OH is 9. The number of carbonyl (C=O) groups is 1. The highest BCUT2D eigenvalue weighted by Gasteiger charge is 2.30. The number of hydrogen-bond acceptors (Lipinski definition) is 11. The number of hydrogen-bond donors (Lipinski definition) is 9. The molecule has 1 heterocycles. The predicted molar refractivity (Wildman–Crippen MR) is 217 cm³/mol. The van der Waals surface area contributed by atoms with E-state index in [-0.39, 0.29) is 6.42 Å². The maximum Gasteiger partial charge on any atom is 0.330 e. The van der Waals surface area contributed by atoms with Crippen LogP contribution in [0.25, 0.3) is 0 Å². The highest BCUT2D eigenvalue weighted by atomic mass is 16.5. The highest BCUT2D eigenvalue weighted by Crippen LogP contribution is 2.28. The number of carbonyl (C=O) groups excluding carboxylic acids is 1. The van der Waals surface area contributed by atoms with E-state index < -0.39 is 72.4 Å². The molecule has 9 N–H and O–H groups in total. The highest BCUT2D eigenvalue weighted by molar-refractivity contribution is 5.82. The monoisotopic (exact) mass is 789 g/mol. The Morgan fingerprint density at radius 3 is 0.982 bits per heavy atom. The van der Waals surface area contributed by atoms with Crippen molar-refractivity contribution in [1.82, 2.24) is 0 Å². The average molecular weight is 789 g/mol. The Bertz CT molecular complexity index is 985. The first kappa shape index (κ1) is 51.9. The molecular weight excluding hydrogens is 704 g/mol. The smallest absolute Gasteiger partial charge is 0.330 e. The molecule has 0 radical (unpaired) electrons. The van der Waals surface area contributed by atoms with Gasteiger partial charge in [-0.25, -0.2) is 4.79 Å². The maximum absolute atomic E-state index is 12.8. The standard InChI is InChI=1S/C44H84O11/c1-32-13-5-26-39(51)30-40(52)27-11-24-37(49)22-9-20-35(47)18-7-16-33(45)14-6-15-34(46)17-8-19-36(48)21-10-23-38(50)25-12-28-41(53)31-42(44(2,3)4)55-43(54)29-32/h29,33-42,45-53H,5-28,30-31H2,1-4H3/t33?,34?,35?,36?,37?,38?,39-,40+,41?,42?/m0/s1. The molecule has 11 nitrogen and oxygen atoms in total. The Hall–Kier alpha value is -1.15. The van der Waals surface area contributed by atoms with E-state index in [1.54, 1.807) is 0 Å². The van der Waals surface area contributed by atoms with Crippen LogP contribution in [0, 0.1) is 5.41 Å². The summed E-state index contributed by atoms with van der Waals surface area (Å²) in [4.78, 5) is 12.8. The van der Waals surface area contributed by atoms with Crippen molar-refractivity contribution in [2.45, 2.75) is 256 Å². The molecule has 8 unspecified atom stereocenters. The lowest BCUT2D eigenvalue weighted by Crippen LogP contribution is -2.34. The molecule has 326 valence electrons. The lowest BCUT2D eigenvalue weighted by molar-refractivity contribution is -0.150. The number of allylic oxidation sites excluding steroid dienone is 1. The minimum atomic E-state index is -0.687. The van der Waals surface area contributed by atoms with Crippen LogP contribution >= 0.6 is 0 Å². The van der Waals surface area contributed by atoms with Crippen LogP contribution in [0.5, 0.6) is 0 Å². The fourth-order valence-electron chi connectivity index (χ4n) is 7.55. The van der Waals surface area contributed by atoms with Crippen LogP contribution in [0.15, 0.2) is 11.6 Å². The molecule has 0 aromatic rings. The second-order valence-electron chi connectivity index (χ2n) is 18.0. The van der Waals surface area contributed by atoms with Crippen molar-refractivity contribution >= 4 is 5.97 Å². The Morgan fingerprint density at radius 2 is 0.691 bits per heavy atom. The molecule has 0 aliphatic carbocycles. The number of ether oxygens (including phenoxy) is 1. The molecular formula is C44H84O11. The van der Waals surface area contributed by atoms with Crippen molar-refractivity contribution in [3.8, 4) is 0 Å². The SMILES string of the molecule is CC1=CC(=O)OC(C(C)(C)C)CC(O)CCCC(O)CCCC(O)CCCC(O)CCCC(O)CCCC(O)CCCC(O)CCC[C@@H](O)C[C@@H](O)CCC1. The number of aliphatic hydroxyl groups is 9. The third-order valence-corrected chi connectivity index (χ3v) is 11.3. The number of rotatable bonds is 0. The molecule has 0 spiro atoms. The summed E-state index contributed by atoms with van der Waals surface area (Å²) in [5.41, 5.74) is 0.436. The largest absolute Gasteiger partial charge is 0.459 e. The summed E-state index contributed by atoms with van der Waals surface area (Å²) in [7, 11) is 0. The molecule has 0 amide bonds. The summed E-state index contributed by atoms with van der Waals surface area (Å²) in [6, 6.07) is 0. The number of cyclic esters (lactones) is 1. The van der Waals surface area contributed by atoms with E-state index in [4.69, 9.17) is 4.74 Å². The molecule has 0 aromatic carbocycles. The average Bonchev–Trinajstić information content (AvgIpc) is 3.07. The van der Waals surface area contributed by atoms with E-state index in [0.717, 1.165) is 5.57 Å². The van der Waals surface area contributed by atoms with E-state index in [1.165, 1.54) is 6.08 Å². The van der Waals surface area contributed by atoms with Crippen molar-refractivity contribution in [3.63, 3.8) is 0 Å². The Labute approximate surface area is 333 Å². The maximum atomic E-state index is 12.8. The third kappa shape index (κ3) is 28.8. The van der Waals surface area contributed by atoms with E-state index in [1.807, 2.05) is 27.7 Å². The zero-order valence-corrected chi connectivity index (χ0v) is 35.1. The topological polar surface area (TPSA) is 208 Å². The molecule has 10 atom stereocenters. The molecule has 1 aliphatic heterocycles. The first-order valence-corrected chi connectivity index (χ1v) is 21.9. The van der Waals surface area contributed by atoms with Gasteiger partial charge >= 0.3 is 5.97 Å². The first-order chi connectivity index (χ1) is 25.9. The molecule has 0 bridgehead atoms. The first-order valence-electron chi connectivity index (χ1n) is 21.9. The van der Waals surface area contributed by atoms with E-state index in [9.17, 15) is 50.8 Å². The number of esters is 1. The lowest BCUT2D eigenvalue weighted by atomic mass is 9.85. The zero-order chi connectivity index (χ0) is 41.2. The van der Waals surface area contributed by atoms with E-state index >= 15 is 0 Å². The molecule has 0 aromatic heterocycles. The van der Waals surface area contributed by atoms with Crippen LogP contribution in [-0.4, -0.2) is 113 Å². The van der Waals surface area contributed by atoms with Gasteiger partial charge in [0, 0.05) is 12.5 Å². The van der Waals surface area contributed by atoms with Crippen molar-refractivity contribution in [2.75, 3.05) is 0 Å². The van der Waals surface area contributed by atoms with Gasteiger partial charge in [0.1, 0.15) is 6.10 Å². The van der Waals surface area contributed by atoms with Gasteiger partial charge in [0.25, 0.3) is 0 Å². The Morgan fingerprint density at radius 1 is 0.436 bits per heavy atom.